The Balaban J connectivity index is 1.23. The first-order chi connectivity index (χ1) is 15.0. The fraction of sp³-hybridized carbons (Fsp3) is 0.318. The van der Waals surface area contributed by atoms with Crippen LogP contribution in [0.15, 0.2) is 42.7 Å². The van der Waals surface area contributed by atoms with Gasteiger partial charge in [0.05, 0.1) is 6.04 Å². The van der Waals surface area contributed by atoms with Gasteiger partial charge in [-0.2, -0.15) is 0 Å². The lowest BCUT2D eigenvalue weighted by molar-refractivity contribution is -0.136. The lowest BCUT2D eigenvalue weighted by atomic mass is 10.0. The van der Waals surface area contributed by atoms with Gasteiger partial charge in [-0.25, -0.2) is 0 Å². The number of imide groups is 1. The number of nitrogens with zero attached hydrogens (tertiary/aromatic N) is 3. The van der Waals surface area contributed by atoms with Crippen LogP contribution in [0, 0.1) is 0 Å². The van der Waals surface area contributed by atoms with Crippen LogP contribution in [-0.4, -0.2) is 58.7 Å². The summed E-state index contributed by atoms with van der Waals surface area (Å²) < 4.78 is 0. The average molecular weight is 419 g/mol. The van der Waals surface area contributed by atoms with Gasteiger partial charge in [-0.05, 0) is 36.2 Å². The van der Waals surface area contributed by atoms with E-state index in [9.17, 15) is 19.2 Å². The standard InChI is InChI=1S/C22H21N5O4/c28-19-4-3-18(21(30)25-19)27-10-14-2-1-13(9-17(14)22(27)31)20(29)24-15-11-26(12-15)16-5-7-23-8-6-16/h1-2,5-9,15,18H,3-4,10-12H2,(H,24,29)(H,25,28,30). The fourth-order valence-electron chi connectivity index (χ4n) is 4.30. The maximum Gasteiger partial charge on any atom is 0.255 e. The van der Waals surface area contributed by atoms with Crippen LogP contribution in [0.3, 0.4) is 0 Å². The molecular weight excluding hydrogens is 398 g/mol. The normalized spacial score (nSPS) is 20.9. The molecule has 9 heteroatoms. The van der Waals surface area contributed by atoms with Crippen LogP contribution in [0.1, 0.15) is 39.1 Å². The molecule has 1 atom stereocenters. The van der Waals surface area contributed by atoms with E-state index in [2.05, 4.69) is 20.5 Å². The van der Waals surface area contributed by atoms with Crippen molar-refractivity contribution >= 4 is 29.3 Å². The number of piperidine rings is 1. The average Bonchev–Trinajstić information content (AvgIpc) is 3.06. The molecule has 1 unspecified atom stereocenters. The van der Waals surface area contributed by atoms with E-state index < -0.39 is 11.9 Å². The number of fused-ring (bicyclic) bond motifs is 1. The molecule has 4 amide bonds. The third kappa shape index (κ3) is 3.52. The van der Waals surface area contributed by atoms with Gasteiger partial charge in [-0.3, -0.25) is 29.5 Å². The third-order valence-corrected chi connectivity index (χ3v) is 6.03. The Labute approximate surface area is 178 Å². The minimum Gasteiger partial charge on any atom is -0.367 e. The number of benzene rings is 1. The summed E-state index contributed by atoms with van der Waals surface area (Å²) in [6, 6.07) is 8.29. The van der Waals surface area contributed by atoms with Crippen molar-refractivity contribution in [3.05, 3.63) is 59.4 Å². The van der Waals surface area contributed by atoms with E-state index in [0.717, 1.165) is 11.3 Å². The predicted molar refractivity (Wildman–Crippen MR) is 110 cm³/mol. The molecule has 4 heterocycles. The van der Waals surface area contributed by atoms with Gasteiger partial charge >= 0.3 is 0 Å². The molecule has 5 rings (SSSR count). The second-order valence-electron chi connectivity index (χ2n) is 8.05. The molecular formula is C22H21N5O4. The van der Waals surface area contributed by atoms with Crippen molar-refractivity contribution in [2.75, 3.05) is 18.0 Å². The maximum atomic E-state index is 12.9. The topological polar surface area (TPSA) is 112 Å². The Hall–Kier alpha value is -3.75. The van der Waals surface area contributed by atoms with Gasteiger partial charge in [0.25, 0.3) is 11.8 Å². The van der Waals surface area contributed by atoms with Gasteiger partial charge in [-0.1, -0.05) is 6.07 Å². The van der Waals surface area contributed by atoms with Crippen LogP contribution in [0.4, 0.5) is 5.69 Å². The van der Waals surface area contributed by atoms with E-state index >= 15 is 0 Å². The molecule has 2 aromatic rings. The third-order valence-electron chi connectivity index (χ3n) is 6.03. The molecule has 1 aromatic carbocycles. The number of hydrogen-bond acceptors (Lipinski definition) is 6. The maximum absolute atomic E-state index is 12.9. The smallest absolute Gasteiger partial charge is 0.255 e. The summed E-state index contributed by atoms with van der Waals surface area (Å²) in [6.07, 6.45) is 4.00. The first kappa shape index (κ1) is 19.2. The summed E-state index contributed by atoms with van der Waals surface area (Å²) >= 11 is 0. The highest BCUT2D eigenvalue weighted by molar-refractivity contribution is 6.06. The first-order valence-corrected chi connectivity index (χ1v) is 10.2. The van der Waals surface area contributed by atoms with Crippen molar-refractivity contribution in [1.29, 1.82) is 0 Å². The molecule has 0 radical (unpaired) electrons. The number of carbonyl (C=O) groups excluding carboxylic acids is 4. The summed E-state index contributed by atoms with van der Waals surface area (Å²) in [5.74, 6) is -1.27. The van der Waals surface area contributed by atoms with Gasteiger partial charge in [-0.15, -0.1) is 0 Å². The quantitative estimate of drug-likeness (QED) is 0.697. The summed E-state index contributed by atoms with van der Waals surface area (Å²) in [5, 5.41) is 5.29. The molecule has 3 aliphatic rings. The number of amides is 4. The SMILES string of the molecule is O=C1CCC(N2Cc3ccc(C(=O)NC4CN(c5ccncc5)C4)cc3C2=O)C(=O)N1. The Bertz CT molecular complexity index is 1080. The number of hydrogen-bond donors (Lipinski definition) is 2. The first-order valence-electron chi connectivity index (χ1n) is 10.2. The number of anilines is 1. The van der Waals surface area contributed by atoms with Gasteiger partial charge in [0.2, 0.25) is 11.8 Å². The monoisotopic (exact) mass is 419 g/mol. The largest absolute Gasteiger partial charge is 0.367 e. The Morgan fingerprint density at radius 1 is 1.10 bits per heavy atom. The van der Waals surface area contributed by atoms with Crippen molar-refractivity contribution < 1.29 is 19.2 Å². The molecule has 2 N–H and O–H groups in total. The minimum absolute atomic E-state index is 0.0320. The van der Waals surface area contributed by atoms with Gasteiger partial charge in [0, 0.05) is 55.3 Å². The fourth-order valence-corrected chi connectivity index (χ4v) is 4.30. The van der Waals surface area contributed by atoms with Gasteiger partial charge in [0.1, 0.15) is 6.04 Å². The number of rotatable bonds is 4. The molecule has 0 aliphatic carbocycles. The number of aromatic nitrogens is 1. The van der Waals surface area contributed by atoms with Crippen molar-refractivity contribution in [2.45, 2.75) is 31.5 Å². The summed E-state index contributed by atoms with van der Waals surface area (Å²) in [7, 11) is 0. The molecule has 3 aliphatic heterocycles. The molecule has 2 saturated heterocycles. The van der Waals surface area contributed by atoms with Crippen molar-refractivity contribution in [2.24, 2.45) is 0 Å². The highest BCUT2D eigenvalue weighted by atomic mass is 16.2. The van der Waals surface area contributed by atoms with E-state index in [1.807, 2.05) is 12.1 Å². The van der Waals surface area contributed by atoms with Crippen LogP contribution < -0.4 is 15.5 Å². The predicted octanol–water partition coefficient (Wildman–Crippen LogP) is 0.461. The van der Waals surface area contributed by atoms with Crippen LogP contribution in [0.2, 0.25) is 0 Å². The minimum atomic E-state index is -0.663. The van der Waals surface area contributed by atoms with Crippen LogP contribution in [0.5, 0.6) is 0 Å². The van der Waals surface area contributed by atoms with Crippen molar-refractivity contribution in [3.8, 4) is 0 Å². The number of carbonyl (C=O) groups is 4. The summed E-state index contributed by atoms with van der Waals surface area (Å²) in [5.41, 5.74) is 2.69. The van der Waals surface area contributed by atoms with E-state index in [1.54, 1.807) is 30.6 Å². The molecule has 0 saturated carbocycles. The van der Waals surface area contributed by atoms with Crippen LogP contribution in [0.25, 0.3) is 0 Å². The molecule has 158 valence electrons. The molecule has 0 bridgehead atoms. The van der Waals surface area contributed by atoms with E-state index in [1.165, 1.54) is 4.90 Å². The lowest BCUT2D eigenvalue weighted by Gasteiger charge is -2.41. The zero-order chi connectivity index (χ0) is 21.5. The van der Waals surface area contributed by atoms with Gasteiger partial charge in [0.15, 0.2) is 0 Å². The second kappa shape index (κ2) is 7.50. The summed E-state index contributed by atoms with van der Waals surface area (Å²) in [4.78, 5) is 56.8. The Kier molecular flexibility index (Phi) is 4.65. The summed E-state index contributed by atoms with van der Waals surface area (Å²) in [6.45, 7) is 1.72. The van der Waals surface area contributed by atoms with Crippen molar-refractivity contribution in [1.82, 2.24) is 20.5 Å². The molecule has 2 fully saturated rings. The van der Waals surface area contributed by atoms with Crippen LogP contribution in [-0.2, 0) is 16.1 Å². The van der Waals surface area contributed by atoms with Gasteiger partial charge < -0.3 is 15.1 Å². The zero-order valence-corrected chi connectivity index (χ0v) is 16.7. The van der Waals surface area contributed by atoms with E-state index in [-0.39, 0.29) is 30.2 Å². The second-order valence-corrected chi connectivity index (χ2v) is 8.05. The highest BCUT2D eigenvalue weighted by Gasteiger charge is 2.39. The van der Waals surface area contributed by atoms with Crippen molar-refractivity contribution in [3.63, 3.8) is 0 Å². The van der Waals surface area contributed by atoms with E-state index in [4.69, 9.17) is 0 Å². The van der Waals surface area contributed by atoms with E-state index in [0.29, 0.717) is 37.2 Å². The number of pyridine rings is 1. The Morgan fingerprint density at radius 3 is 2.61 bits per heavy atom. The van der Waals surface area contributed by atoms with Crippen LogP contribution >= 0.6 is 0 Å². The molecule has 31 heavy (non-hydrogen) atoms. The Morgan fingerprint density at radius 2 is 1.87 bits per heavy atom. The molecule has 9 nitrogen and oxygen atoms in total. The molecule has 0 spiro atoms. The zero-order valence-electron chi connectivity index (χ0n) is 16.7. The molecule has 1 aromatic heterocycles. The highest BCUT2D eigenvalue weighted by Crippen LogP contribution is 2.28. The number of nitrogens with one attached hydrogen (secondary N) is 2. The lowest BCUT2D eigenvalue weighted by Crippen LogP contribution is -2.59.